The Hall–Kier alpha value is -3.87. The Morgan fingerprint density at radius 1 is 1.11 bits per heavy atom. The lowest BCUT2D eigenvalue weighted by Crippen LogP contribution is -2.40. The summed E-state index contributed by atoms with van der Waals surface area (Å²) in [6.07, 6.45) is 2.73. The van der Waals surface area contributed by atoms with Crippen molar-refractivity contribution in [1.29, 1.82) is 0 Å². The summed E-state index contributed by atoms with van der Waals surface area (Å²) in [6.45, 7) is 2.64. The number of ether oxygens (including phenoxy) is 1. The third kappa shape index (κ3) is 4.53. The number of para-hydroxylation sites is 1. The Bertz CT molecular complexity index is 1590. The monoisotopic (exact) mass is 508 g/mol. The number of nitrogens with one attached hydrogen (secondary N) is 1. The van der Waals surface area contributed by atoms with Gasteiger partial charge in [-0.2, -0.15) is 9.40 Å². The lowest BCUT2D eigenvalue weighted by atomic mass is 10.2. The van der Waals surface area contributed by atoms with Crippen molar-refractivity contribution in [3.8, 4) is 5.69 Å². The molecule has 0 aliphatic carbocycles. The van der Waals surface area contributed by atoms with Gasteiger partial charge in [0.1, 0.15) is 18.3 Å². The highest BCUT2D eigenvalue weighted by Gasteiger charge is 2.28. The zero-order valence-corrected chi connectivity index (χ0v) is 20.3. The number of hydrogen-bond acceptors (Lipinski definition) is 7. The van der Waals surface area contributed by atoms with Gasteiger partial charge in [-0.1, -0.05) is 24.3 Å². The number of nitrogens with zero attached hydrogens (tertiary/aromatic N) is 5. The van der Waals surface area contributed by atoms with Crippen molar-refractivity contribution in [2.45, 2.75) is 18.4 Å². The first-order chi connectivity index (χ1) is 17.3. The molecule has 3 heterocycles. The van der Waals surface area contributed by atoms with Crippen molar-refractivity contribution in [3.63, 3.8) is 0 Å². The van der Waals surface area contributed by atoms with Crippen LogP contribution in [0, 0.1) is 6.92 Å². The molecule has 0 saturated carbocycles. The van der Waals surface area contributed by atoms with Crippen molar-refractivity contribution < 1.29 is 17.9 Å². The predicted octanol–water partition coefficient (Wildman–Crippen LogP) is 1.55. The summed E-state index contributed by atoms with van der Waals surface area (Å²) < 4.78 is 35.6. The molecule has 0 bridgehead atoms. The Morgan fingerprint density at radius 3 is 2.61 bits per heavy atom. The second kappa shape index (κ2) is 9.64. The first kappa shape index (κ1) is 23.9. The lowest BCUT2D eigenvalue weighted by Gasteiger charge is -2.26. The van der Waals surface area contributed by atoms with E-state index in [9.17, 15) is 18.0 Å². The van der Waals surface area contributed by atoms with Gasteiger partial charge < -0.3 is 10.1 Å². The summed E-state index contributed by atoms with van der Waals surface area (Å²) in [5, 5.41) is 7.23. The minimum absolute atomic E-state index is 0.121. The average molecular weight is 509 g/mol. The Morgan fingerprint density at radius 2 is 1.86 bits per heavy atom. The molecule has 1 N–H and O–H groups in total. The van der Waals surface area contributed by atoms with Gasteiger partial charge in [-0.25, -0.2) is 18.1 Å². The summed E-state index contributed by atoms with van der Waals surface area (Å²) in [6, 6.07) is 14.0. The first-order valence-corrected chi connectivity index (χ1v) is 12.8. The quantitative estimate of drug-likeness (QED) is 0.418. The minimum Gasteiger partial charge on any atom is -0.379 e. The van der Waals surface area contributed by atoms with Gasteiger partial charge in [0.2, 0.25) is 15.9 Å². The molecule has 1 amide bonds. The van der Waals surface area contributed by atoms with Crippen LogP contribution in [0.15, 0.2) is 70.7 Å². The normalized spacial score (nSPS) is 14.7. The number of aromatic nitrogens is 4. The van der Waals surface area contributed by atoms with E-state index < -0.39 is 21.5 Å². The molecule has 1 aliphatic rings. The van der Waals surface area contributed by atoms with E-state index in [1.807, 2.05) is 30.3 Å². The number of hydrogen-bond donors (Lipinski definition) is 1. The van der Waals surface area contributed by atoms with E-state index in [1.165, 1.54) is 27.5 Å². The second-order valence-electron chi connectivity index (χ2n) is 8.35. The summed E-state index contributed by atoms with van der Waals surface area (Å²) in [5.74, 6) is -0.493. The van der Waals surface area contributed by atoms with E-state index in [-0.39, 0.29) is 29.9 Å². The molecule has 0 spiro atoms. The number of fused-ring (bicyclic) bond motifs is 1. The fourth-order valence-electron chi connectivity index (χ4n) is 4.06. The number of anilines is 1. The van der Waals surface area contributed by atoms with Gasteiger partial charge in [0.25, 0.3) is 5.56 Å². The molecular weight excluding hydrogens is 484 g/mol. The lowest BCUT2D eigenvalue weighted by molar-refractivity contribution is -0.116. The van der Waals surface area contributed by atoms with Gasteiger partial charge in [0.15, 0.2) is 5.65 Å². The molecule has 11 nitrogen and oxygen atoms in total. The topological polar surface area (TPSA) is 128 Å². The number of aryl methyl sites for hydroxylation is 1. The van der Waals surface area contributed by atoms with E-state index in [2.05, 4.69) is 15.4 Å². The van der Waals surface area contributed by atoms with E-state index in [0.29, 0.717) is 30.1 Å². The third-order valence-electron chi connectivity index (χ3n) is 5.93. The molecule has 36 heavy (non-hydrogen) atoms. The number of benzene rings is 2. The van der Waals surface area contributed by atoms with Crippen LogP contribution in [0.4, 0.5) is 5.69 Å². The molecule has 5 rings (SSSR count). The van der Waals surface area contributed by atoms with Crippen molar-refractivity contribution in [2.75, 3.05) is 31.6 Å². The van der Waals surface area contributed by atoms with Gasteiger partial charge in [0, 0.05) is 18.8 Å². The molecule has 0 atom stereocenters. The van der Waals surface area contributed by atoms with Gasteiger partial charge in [-0.3, -0.25) is 14.2 Å². The zero-order valence-electron chi connectivity index (χ0n) is 19.5. The maximum atomic E-state index is 13.1. The SMILES string of the molecule is Cc1ccc(NC(=O)Cn2cnc3c(cnn3-c3ccccc3)c2=O)cc1S(=O)(=O)N1CCOCC1. The number of carbonyl (C=O) groups excluding carboxylic acids is 1. The van der Waals surface area contributed by atoms with E-state index >= 15 is 0 Å². The Balaban J connectivity index is 1.36. The van der Waals surface area contributed by atoms with Crippen LogP contribution in [0.1, 0.15) is 5.56 Å². The van der Waals surface area contributed by atoms with Crippen molar-refractivity contribution in [3.05, 3.63) is 77.0 Å². The maximum absolute atomic E-state index is 13.1. The minimum atomic E-state index is -3.73. The van der Waals surface area contributed by atoms with Crippen LogP contribution >= 0.6 is 0 Å². The molecule has 2 aromatic carbocycles. The van der Waals surface area contributed by atoms with Gasteiger partial charge >= 0.3 is 0 Å². The van der Waals surface area contributed by atoms with Crippen LogP contribution in [-0.2, 0) is 26.1 Å². The third-order valence-corrected chi connectivity index (χ3v) is 7.97. The van der Waals surface area contributed by atoms with Crippen LogP contribution in [0.5, 0.6) is 0 Å². The number of amides is 1. The highest BCUT2D eigenvalue weighted by atomic mass is 32.2. The number of morpholine rings is 1. The molecule has 4 aromatic rings. The van der Waals surface area contributed by atoms with Crippen LogP contribution in [0.25, 0.3) is 16.7 Å². The molecular formula is C24H24N6O5S. The fraction of sp³-hybridized carbons (Fsp3) is 0.250. The molecule has 1 fully saturated rings. The van der Waals surface area contributed by atoms with E-state index in [1.54, 1.807) is 23.7 Å². The molecule has 0 radical (unpaired) electrons. The smallest absolute Gasteiger partial charge is 0.264 e. The van der Waals surface area contributed by atoms with Crippen molar-refractivity contribution in [1.82, 2.24) is 23.6 Å². The first-order valence-electron chi connectivity index (χ1n) is 11.3. The number of sulfonamides is 1. The van der Waals surface area contributed by atoms with Crippen LogP contribution < -0.4 is 10.9 Å². The Labute approximate surface area is 207 Å². The van der Waals surface area contributed by atoms with Crippen LogP contribution in [-0.4, -0.2) is 64.3 Å². The van der Waals surface area contributed by atoms with Crippen LogP contribution in [0.3, 0.4) is 0 Å². The van der Waals surface area contributed by atoms with Crippen molar-refractivity contribution in [2.24, 2.45) is 0 Å². The highest BCUT2D eigenvalue weighted by molar-refractivity contribution is 7.89. The number of rotatable bonds is 6. The molecule has 2 aromatic heterocycles. The second-order valence-corrected chi connectivity index (χ2v) is 10.3. The van der Waals surface area contributed by atoms with E-state index in [0.717, 1.165) is 5.69 Å². The molecule has 186 valence electrons. The van der Waals surface area contributed by atoms with E-state index in [4.69, 9.17) is 4.74 Å². The summed E-state index contributed by atoms with van der Waals surface area (Å²) >= 11 is 0. The predicted molar refractivity (Wildman–Crippen MR) is 133 cm³/mol. The van der Waals surface area contributed by atoms with Crippen molar-refractivity contribution >= 4 is 32.7 Å². The Kier molecular flexibility index (Phi) is 6.39. The summed E-state index contributed by atoms with van der Waals surface area (Å²) in [4.78, 5) is 30.2. The van der Waals surface area contributed by atoms with Gasteiger partial charge in [-0.15, -0.1) is 0 Å². The molecule has 12 heteroatoms. The summed E-state index contributed by atoms with van der Waals surface area (Å²) in [7, 11) is -3.73. The maximum Gasteiger partial charge on any atom is 0.264 e. The standard InChI is InChI=1S/C24H24N6O5S/c1-17-7-8-18(13-21(17)36(33,34)29-9-11-35-12-10-29)27-22(31)15-28-16-25-23-20(24(28)32)14-26-30(23)19-5-3-2-4-6-19/h2-8,13-14,16H,9-12,15H2,1H3,(H,27,31). The molecule has 1 aliphatic heterocycles. The largest absolute Gasteiger partial charge is 0.379 e. The summed E-state index contributed by atoms with van der Waals surface area (Å²) in [5.41, 5.74) is 1.63. The van der Waals surface area contributed by atoms with Gasteiger partial charge in [0.05, 0.1) is 30.0 Å². The average Bonchev–Trinajstić information content (AvgIpc) is 3.33. The molecule has 0 unspecified atom stereocenters. The van der Waals surface area contributed by atoms with Gasteiger partial charge in [-0.05, 0) is 36.8 Å². The fourth-order valence-corrected chi connectivity index (χ4v) is 5.72. The molecule has 1 saturated heterocycles. The van der Waals surface area contributed by atoms with Crippen LogP contribution in [0.2, 0.25) is 0 Å². The highest BCUT2D eigenvalue weighted by Crippen LogP contribution is 2.24. The zero-order chi connectivity index (χ0) is 25.3. The number of carbonyl (C=O) groups is 1.